The fraction of sp³-hybridized carbons (Fsp3) is 0.545. The zero-order chi connectivity index (χ0) is 15.2. The van der Waals surface area contributed by atoms with E-state index in [9.17, 15) is 18.0 Å². The Bertz CT molecular complexity index is 452. The van der Waals surface area contributed by atoms with Crippen LogP contribution in [0.3, 0.4) is 0 Å². The molecule has 0 atom stereocenters. The molecule has 0 unspecified atom stereocenters. The molecule has 0 saturated heterocycles. The van der Waals surface area contributed by atoms with Crippen LogP contribution in [0.4, 0.5) is 19.0 Å². The van der Waals surface area contributed by atoms with Crippen molar-refractivity contribution in [3.8, 4) is 5.88 Å². The van der Waals surface area contributed by atoms with Gasteiger partial charge < -0.3 is 15.4 Å². The quantitative estimate of drug-likeness (QED) is 0.828. The number of anilines is 1. The molecule has 1 amide bonds. The lowest BCUT2D eigenvalue weighted by Gasteiger charge is -2.13. The van der Waals surface area contributed by atoms with Gasteiger partial charge in [0, 0.05) is 12.4 Å². The van der Waals surface area contributed by atoms with Crippen molar-refractivity contribution in [1.82, 2.24) is 15.3 Å². The van der Waals surface area contributed by atoms with Gasteiger partial charge in [-0.3, -0.25) is 4.79 Å². The Morgan fingerprint density at radius 3 is 2.60 bits per heavy atom. The topological polar surface area (TPSA) is 76.1 Å². The summed E-state index contributed by atoms with van der Waals surface area (Å²) in [6, 6.07) is 0. The summed E-state index contributed by atoms with van der Waals surface area (Å²) in [5.74, 6) is -0.419. The number of carbonyl (C=O) groups is 1. The lowest BCUT2D eigenvalue weighted by molar-refractivity contribution is -0.137. The summed E-state index contributed by atoms with van der Waals surface area (Å²) < 4.78 is 41.1. The normalized spacial score (nSPS) is 11.3. The van der Waals surface area contributed by atoms with Gasteiger partial charge in [-0.25, -0.2) is 9.97 Å². The van der Waals surface area contributed by atoms with Crippen LogP contribution in [-0.4, -0.2) is 41.2 Å². The highest BCUT2D eigenvalue weighted by Gasteiger charge is 2.27. The van der Waals surface area contributed by atoms with Gasteiger partial charge in [-0.2, -0.15) is 13.2 Å². The molecule has 0 aliphatic heterocycles. The number of aromatic nitrogens is 2. The maximum Gasteiger partial charge on any atom is 0.405 e. The van der Waals surface area contributed by atoms with E-state index in [0.717, 1.165) is 0 Å². The summed E-state index contributed by atoms with van der Waals surface area (Å²) in [7, 11) is 0. The van der Waals surface area contributed by atoms with Gasteiger partial charge >= 0.3 is 6.18 Å². The molecule has 0 aliphatic rings. The summed E-state index contributed by atoms with van der Waals surface area (Å²) >= 11 is 0. The first-order chi connectivity index (χ1) is 9.28. The van der Waals surface area contributed by atoms with Crippen molar-refractivity contribution in [1.29, 1.82) is 0 Å². The Balaban J connectivity index is 2.51. The summed E-state index contributed by atoms with van der Waals surface area (Å²) in [5.41, 5.74) is 0. The van der Waals surface area contributed by atoms with E-state index in [1.165, 1.54) is 12.4 Å². The first-order valence-electron chi connectivity index (χ1n) is 5.83. The molecule has 0 spiro atoms. The second-order valence-electron chi connectivity index (χ2n) is 4.12. The standard InChI is InChI=1S/C11H15F3N4O2/c1-7(2)20-10-9(15-3-4-16-10)17-5-8(19)18-6-11(12,13)14/h3-4,7H,5-6H2,1-2H3,(H,15,17)(H,18,19). The number of nitrogens with zero attached hydrogens (tertiary/aromatic N) is 2. The molecule has 0 radical (unpaired) electrons. The molecule has 1 rings (SSSR count). The van der Waals surface area contributed by atoms with Crippen LogP contribution >= 0.6 is 0 Å². The number of rotatable bonds is 6. The Kier molecular flexibility index (Phi) is 5.53. The molecule has 0 saturated carbocycles. The molecule has 1 aromatic rings. The second-order valence-corrected chi connectivity index (χ2v) is 4.12. The van der Waals surface area contributed by atoms with Crippen molar-refractivity contribution >= 4 is 11.7 Å². The minimum absolute atomic E-state index is 0.147. The van der Waals surface area contributed by atoms with Crippen molar-refractivity contribution in [2.75, 3.05) is 18.4 Å². The van der Waals surface area contributed by atoms with Crippen molar-refractivity contribution in [2.24, 2.45) is 0 Å². The average Bonchev–Trinajstić information content (AvgIpc) is 2.34. The van der Waals surface area contributed by atoms with Gasteiger partial charge in [0.1, 0.15) is 6.54 Å². The molecule has 112 valence electrons. The molecule has 0 fully saturated rings. The largest absolute Gasteiger partial charge is 0.472 e. The van der Waals surface area contributed by atoms with Crippen LogP contribution in [0, 0.1) is 0 Å². The number of amides is 1. The third-order valence-corrected chi connectivity index (χ3v) is 1.91. The van der Waals surface area contributed by atoms with E-state index in [0.29, 0.717) is 0 Å². The van der Waals surface area contributed by atoms with Gasteiger partial charge in [-0.1, -0.05) is 0 Å². The third kappa shape index (κ3) is 6.21. The van der Waals surface area contributed by atoms with Crippen molar-refractivity contribution in [3.63, 3.8) is 0 Å². The highest BCUT2D eigenvalue weighted by Crippen LogP contribution is 2.18. The summed E-state index contributed by atoms with van der Waals surface area (Å²) in [4.78, 5) is 19.1. The van der Waals surface area contributed by atoms with Gasteiger partial charge in [-0.05, 0) is 13.8 Å². The van der Waals surface area contributed by atoms with Crippen LogP contribution in [0.1, 0.15) is 13.8 Å². The Morgan fingerprint density at radius 1 is 1.35 bits per heavy atom. The van der Waals surface area contributed by atoms with E-state index in [1.807, 2.05) is 0 Å². The number of carbonyl (C=O) groups excluding carboxylic acids is 1. The first kappa shape index (κ1) is 16.0. The molecule has 6 nitrogen and oxygen atoms in total. The van der Waals surface area contributed by atoms with Gasteiger partial charge in [0.15, 0.2) is 5.82 Å². The number of hydrogen-bond acceptors (Lipinski definition) is 5. The predicted octanol–water partition coefficient (Wildman–Crippen LogP) is 1.35. The SMILES string of the molecule is CC(C)Oc1nccnc1NCC(=O)NCC(F)(F)F. The lowest BCUT2D eigenvalue weighted by atomic mass is 10.4. The van der Waals surface area contributed by atoms with E-state index < -0.39 is 18.6 Å². The van der Waals surface area contributed by atoms with Gasteiger partial charge in [0.05, 0.1) is 12.6 Å². The van der Waals surface area contributed by atoms with Crippen LogP contribution in [0.2, 0.25) is 0 Å². The zero-order valence-corrected chi connectivity index (χ0v) is 11.0. The zero-order valence-electron chi connectivity index (χ0n) is 11.0. The van der Waals surface area contributed by atoms with E-state index in [1.54, 1.807) is 19.2 Å². The van der Waals surface area contributed by atoms with E-state index in [2.05, 4.69) is 15.3 Å². The van der Waals surface area contributed by atoms with Crippen LogP contribution in [0.15, 0.2) is 12.4 Å². The maximum absolute atomic E-state index is 11.9. The summed E-state index contributed by atoms with van der Waals surface area (Å²) in [6.45, 7) is 1.84. The molecule has 2 N–H and O–H groups in total. The molecule has 20 heavy (non-hydrogen) atoms. The minimum Gasteiger partial charge on any atom is -0.472 e. The van der Waals surface area contributed by atoms with Crippen LogP contribution in [-0.2, 0) is 4.79 Å². The highest BCUT2D eigenvalue weighted by atomic mass is 19.4. The van der Waals surface area contributed by atoms with Gasteiger partial charge in [0.2, 0.25) is 5.91 Å². The number of nitrogens with one attached hydrogen (secondary N) is 2. The van der Waals surface area contributed by atoms with Crippen molar-refractivity contribution in [2.45, 2.75) is 26.1 Å². The molecule has 0 aromatic carbocycles. The smallest absolute Gasteiger partial charge is 0.405 e. The van der Waals surface area contributed by atoms with Crippen LogP contribution in [0.25, 0.3) is 0 Å². The maximum atomic E-state index is 11.9. The monoisotopic (exact) mass is 292 g/mol. The molecule has 1 aromatic heterocycles. The van der Waals surface area contributed by atoms with Gasteiger partial charge in [-0.15, -0.1) is 0 Å². The second kappa shape index (κ2) is 6.92. The Labute approximate surface area is 113 Å². The molecular formula is C11H15F3N4O2. The number of halogens is 3. The molecule has 9 heteroatoms. The third-order valence-electron chi connectivity index (χ3n) is 1.91. The summed E-state index contributed by atoms with van der Waals surface area (Å²) in [5, 5.41) is 4.31. The van der Waals surface area contributed by atoms with Crippen LogP contribution < -0.4 is 15.4 Å². The van der Waals surface area contributed by atoms with Crippen molar-refractivity contribution in [3.05, 3.63) is 12.4 Å². The van der Waals surface area contributed by atoms with Gasteiger partial charge in [0.25, 0.3) is 5.88 Å². The lowest BCUT2D eigenvalue weighted by Crippen LogP contribution is -2.37. The highest BCUT2D eigenvalue weighted by molar-refractivity contribution is 5.80. The Morgan fingerprint density at radius 2 is 2.00 bits per heavy atom. The molecule has 0 bridgehead atoms. The number of ether oxygens (including phenoxy) is 1. The summed E-state index contributed by atoms with van der Waals surface area (Å²) in [6.07, 6.45) is -1.80. The Hall–Kier alpha value is -2.06. The fourth-order valence-corrected chi connectivity index (χ4v) is 1.18. The number of hydrogen-bond donors (Lipinski definition) is 2. The first-order valence-corrected chi connectivity index (χ1v) is 5.83. The van der Waals surface area contributed by atoms with E-state index in [4.69, 9.17) is 4.74 Å². The van der Waals surface area contributed by atoms with Crippen LogP contribution in [0.5, 0.6) is 5.88 Å². The number of alkyl halides is 3. The van der Waals surface area contributed by atoms with E-state index >= 15 is 0 Å². The molecular weight excluding hydrogens is 277 g/mol. The average molecular weight is 292 g/mol. The minimum atomic E-state index is -4.44. The van der Waals surface area contributed by atoms with E-state index in [-0.39, 0.29) is 24.3 Å². The van der Waals surface area contributed by atoms with Crippen molar-refractivity contribution < 1.29 is 22.7 Å². The molecule has 1 heterocycles. The molecule has 0 aliphatic carbocycles. The predicted molar refractivity (Wildman–Crippen MR) is 65.4 cm³/mol. The fourth-order valence-electron chi connectivity index (χ4n) is 1.18.